The van der Waals surface area contributed by atoms with Gasteiger partial charge in [-0.1, -0.05) is 57.6 Å². The van der Waals surface area contributed by atoms with E-state index in [0.29, 0.717) is 37.1 Å². The number of hydrogen-bond donors (Lipinski definition) is 2. The van der Waals surface area contributed by atoms with Crippen molar-refractivity contribution >= 4 is 54.9 Å². The Kier molecular flexibility index (Phi) is 9.42. The molecular weight excluding hydrogens is 696 g/mol. The number of likely N-dealkylation sites (tertiary alicyclic amines) is 1. The maximum absolute atomic E-state index is 14.5. The topological polar surface area (TPSA) is 148 Å². The number of alkyl halides is 3. The Morgan fingerprint density at radius 1 is 1.14 bits per heavy atom. The summed E-state index contributed by atoms with van der Waals surface area (Å²) in [5.41, 5.74) is -2.34. The van der Waals surface area contributed by atoms with E-state index in [9.17, 15) is 36.0 Å². The first kappa shape index (κ1) is 36.0. The maximum Gasteiger partial charge on any atom is 0.417 e. The van der Waals surface area contributed by atoms with Gasteiger partial charge in [0.25, 0.3) is 5.19 Å². The first-order valence-electron chi connectivity index (χ1n) is 16.6. The fourth-order valence-electron chi connectivity index (χ4n) is 6.74. The van der Waals surface area contributed by atoms with Crippen LogP contribution in [0.3, 0.4) is 0 Å². The van der Waals surface area contributed by atoms with Gasteiger partial charge in [0.15, 0.2) is 5.78 Å². The van der Waals surface area contributed by atoms with Crippen molar-refractivity contribution < 1.29 is 40.7 Å². The molecule has 2 saturated carbocycles. The average Bonchev–Trinajstić information content (AvgIpc) is 3.94. The second kappa shape index (κ2) is 13.1. The second-order valence-corrected chi connectivity index (χ2v) is 17.6. The molecule has 2 N–H and O–H groups in total. The van der Waals surface area contributed by atoms with Crippen molar-refractivity contribution in [3.05, 3.63) is 48.3 Å². The molecule has 1 aliphatic heterocycles. The van der Waals surface area contributed by atoms with Crippen molar-refractivity contribution in [1.29, 1.82) is 0 Å². The summed E-state index contributed by atoms with van der Waals surface area (Å²) in [6.45, 7) is 7.10. The second-order valence-electron chi connectivity index (χ2n) is 14.6. The summed E-state index contributed by atoms with van der Waals surface area (Å²) < 4.78 is 75.2. The van der Waals surface area contributed by atoms with E-state index in [1.807, 2.05) is 31.2 Å². The van der Waals surface area contributed by atoms with Gasteiger partial charge in [0.2, 0.25) is 21.8 Å². The lowest BCUT2D eigenvalue weighted by atomic mass is 9.85. The van der Waals surface area contributed by atoms with Crippen LogP contribution in [0.1, 0.15) is 71.8 Å². The molecule has 3 fully saturated rings. The number of sulfonamides is 1. The number of ether oxygens (including phenoxy) is 1. The number of anilines is 1. The Morgan fingerprint density at radius 2 is 1.86 bits per heavy atom. The minimum absolute atomic E-state index is 0.0197. The lowest BCUT2D eigenvalue weighted by Gasteiger charge is -2.36. The number of para-hydroxylation sites is 1. The Hall–Kier alpha value is -3.79. The number of pyridine rings is 1. The number of carbonyl (C=O) groups excluding carboxylic acids is 3. The van der Waals surface area contributed by atoms with Gasteiger partial charge in [-0.25, -0.2) is 13.4 Å². The third kappa shape index (κ3) is 7.46. The number of fused-ring (bicyclic) bond motifs is 1. The Labute approximate surface area is 292 Å². The third-order valence-corrected chi connectivity index (χ3v) is 12.6. The maximum atomic E-state index is 14.5. The van der Waals surface area contributed by atoms with E-state index in [1.54, 1.807) is 20.8 Å². The standard InChI is InChI=1S/C34H40F3N5O6S2/c1-5-19-14-33(19,30(45)41-50(46,47)23-10-11-23)15-26(43)25-13-22(48-31-40-24-8-6-7-9-27(24)49-31)18-42(25)29(44)28(32(2,3)4)39-21-12-20(16-38-17-21)34(35,36)37/h6-9,12,16-17,19,22-23,25,28,39H,5,10-11,13-15,18H2,1-4H3,(H,41,45)/t19-,22-,25+,28-,33-/m1/s1. The smallest absolute Gasteiger partial charge is 0.417 e. The number of nitrogens with one attached hydrogen (secondary N) is 2. The SMILES string of the molecule is CC[C@@H]1C[C@]1(CC(=O)[C@@H]1C[C@@H](Oc2nc3ccccc3s2)CN1C(=O)[C@@H](Nc1cncc(C(F)(F)F)c1)C(C)(C)C)C(=O)NS(=O)(=O)C1CC1. The van der Waals surface area contributed by atoms with Gasteiger partial charge in [0.05, 0.1) is 44.7 Å². The van der Waals surface area contributed by atoms with Crippen LogP contribution in [-0.2, 0) is 30.6 Å². The highest BCUT2D eigenvalue weighted by Crippen LogP contribution is 2.58. The number of amides is 2. The number of Topliss-reactive ketones (excluding diaryl/α,β-unsaturated/α-hetero) is 1. The number of aromatic nitrogens is 2. The third-order valence-electron chi connectivity index (χ3n) is 9.81. The molecule has 0 bridgehead atoms. The summed E-state index contributed by atoms with van der Waals surface area (Å²) in [7, 11) is -3.85. The van der Waals surface area contributed by atoms with Crippen LogP contribution in [0.25, 0.3) is 10.2 Å². The minimum atomic E-state index is -4.65. The highest BCUT2D eigenvalue weighted by Gasteiger charge is 2.62. The molecule has 1 saturated heterocycles. The lowest BCUT2D eigenvalue weighted by Crippen LogP contribution is -2.53. The number of benzene rings is 1. The molecule has 0 unspecified atom stereocenters. The zero-order valence-electron chi connectivity index (χ0n) is 28.1. The molecule has 2 aromatic heterocycles. The molecule has 16 heteroatoms. The van der Waals surface area contributed by atoms with Gasteiger partial charge in [-0.05, 0) is 48.8 Å². The van der Waals surface area contributed by atoms with Gasteiger partial charge in [-0.15, -0.1) is 0 Å². The van der Waals surface area contributed by atoms with Crippen molar-refractivity contribution in [3.8, 4) is 5.19 Å². The van der Waals surface area contributed by atoms with E-state index >= 15 is 0 Å². The fourth-order valence-corrected chi connectivity index (χ4v) is 9.01. The van der Waals surface area contributed by atoms with Crippen molar-refractivity contribution in [2.24, 2.45) is 16.7 Å². The first-order valence-corrected chi connectivity index (χ1v) is 19.0. The molecule has 3 aromatic rings. The lowest BCUT2D eigenvalue weighted by molar-refractivity contribution is -0.141. The van der Waals surface area contributed by atoms with Crippen molar-refractivity contribution in [3.63, 3.8) is 0 Å². The van der Waals surface area contributed by atoms with E-state index in [4.69, 9.17) is 4.74 Å². The van der Waals surface area contributed by atoms with E-state index in [-0.39, 0.29) is 31.0 Å². The summed E-state index contributed by atoms with van der Waals surface area (Å²) in [6.07, 6.45) is -1.77. The van der Waals surface area contributed by atoms with E-state index < -0.39 is 73.6 Å². The van der Waals surface area contributed by atoms with Crippen molar-refractivity contribution in [2.45, 2.75) is 95.8 Å². The number of carbonyl (C=O) groups is 3. The Morgan fingerprint density at radius 3 is 2.48 bits per heavy atom. The van der Waals surface area contributed by atoms with Gasteiger partial charge in [-0.3, -0.25) is 24.1 Å². The fraction of sp³-hybridized carbons (Fsp3) is 0.559. The van der Waals surface area contributed by atoms with Crippen LogP contribution in [0, 0.1) is 16.7 Å². The molecule has 3 heterocycles. The molecule has 2 amide bonds. The molecule has 0 spiro atoms. The number of ketones is 1. The van der Waals surface area contributed by atoms with Gasteiger partial charge < -0.3 is 15.0 Å². The van der Waals surface area contributed by atoms with Gasteiger partial charge in [0, 0.05) is 25.2 Å². The molecule has 6 rings (SSSR count). The highest BCUT2D eigenvalue weighted by atomic mass is 32.2. The number of rotatable bonds is 12. The van der Waals surface area contributed by atoms with Gasteiger partial charge in [-0.2, -0.15) is 13.2 Å². The summed E-state index contributed by atoms with van der Waals surface area (Å²) in [4.78, 5) is 51.9. The van der Waals surface area contributed by atoms with E-state index in [2.05, 4.69) is 20.0 Å². The number of nitrogens with zero attached hydrogens (tertiary/aromatic N) is 3. The molecule has 270 valence electrons. The number of hydrogen-bond acceptors (Lipinski definition) is 10. The minimum Gasteiger partial charge on any atom is -0.465 e. The summed E-state index contributed by atoms with van der Waals surface area (Å²) >= 11 is 1.32. The monoisotopic (exact) mass is 735 g/mol. The van der Waals surface area contributed by atoms with Gasteiger partial charge >= 0.3 is 6.18 Å². The predicted molar refractivity (Wildman–Crippen MR) is 181 cm³/mol. The van der Waals surface area contributed by atoms with Crippen LogP contribution in [-0.4, -0.2) is 70.9 Å². The van der Waals surface area contributed by atoms with Crippen molar-refractivity contribution in [2.75, 3.05) is 11.9 Å². The van der Waals surface area contributed by atoms with Crippen LogP contribution in [0.4, 0.5) is 18.9 Å². The summed E-state index contributed by atoms with van der Waals surface area (Å²) in [5.74, 6) is -1.87. The molecule has 5 atom stereocenters. The predicted octanol–water partition coefficient (Wildman–Crippen LogP) is 5.57. The molecule has 1 aromatic carbocycles. The highest BCUT2D eigenvalue weighted by molar-refractivity contribution is 7.90. The normalized spacial score (nSPS) is 24.5. The molecule has 0 radical (unpaired) electrons. The average molecular weight is 736 g/mol. The van der Waals surface area contributed by atoms with Crippen LogP contribution in [0.15, 0.2) is 42.7 Å². The quantitative estimate of drug-likeness (QED) is 0.244. The molecule has 2 aliphatic carbocycles. The molecule has 3 aliphatic rings. The zero-order chi connectivity index (χ0) is 36.2. The number of halogens is 3. The van der Waals surface area contributed by atoms with Crippen molar-refractivity contribution in [1.82, 2.24) is 19.6 Å². The molecule has 11 nitrogen and oxygen atoms in total. The molecular formula is C34H40F3N5O6S2. The first-order chi connectivity index (χ1) is 23.4. The van der Waals surface area contributed by atoms with Crippen LogP contribution in [0.2, 0.25) is 0 Å². The summed E-state index contributed by atoms with van der Waals surface area (Å²) in [5, 5.41) is 2.68. The van der Waals surface area contributed by atoms with Crippen LogP contribution >= 0.6 is 11.3 Å². The zero-order valence-corrected chi connectivity index (χ0v) is 29.8. The van der Waals surface area contributed by atoms with E-state index in [0.717, 1.165) is 16.3 Å². The van der Waals surface area contributed by atoms with E-state index in [1.165, 1.54) is 22.4 Å². The van der Waals surface area contributed by atoms with Gasteiger partial charge in [0.1, 0.15) is 12.1 Å². The largest absolute Gasteiger partial charge is 0.465 e. The number of thiazole rings is 1. The molecule has 50 heavy (non-hydrogen) atoms. The Balaban J connectivity index is 1.28. The Bertz CT molecular complexity index is 1880. The van der Waals surface area contributed by atoms with Crippen LogP contribution in [0.5, 0.6) is 5.19 Å². The van der Waals surface area contributed by atoms with Crippen LogP contribution < -0.4 is 14.8 Å². The summed E-state index contributed by atoms with van der Waals surface area (Å²) in [6, 6.07) is 6.20.